The van der Waals surface area contributed by atoms with Gasteiger partial charge in [0, 0.05) is 5.92 Å². The van der Waals surface area contributed by atoms with Crippen LogP contribution in [-0.2, 0) is 19.1 Å². The lowest BCUT2D eigenvalue weighted by Gasteiger charge is -2.37. The summed E-state index contributed by atoms with van der Waals surface area (Å²) in [5, 5.41) is 12.4. The number of rotatable bonds is 5. The molecule has 2 rings (SSSR count). The van der Waals surface area contributed by atoms with E-state index in [1.54, 1.807) is 0 Å². The zero-order valence-corrected chi connectivity index (χ0v) is 11.8. The van der Waals surface area contributed by atoms with Gasteiger partial charge in [-0.05, 0) is 25.7 Å². The Labute approximate surface area is 118 Å². The molecule has 0 unspecified atom stereocenters. The number of esters is 1. The van der Waals surface area contributed by atoms with Crippen LogP contribution >= 0.6 is 0 Å². The van der Waals surface area contributed by atoms with Gasteiger partial charge in [0.2, 0.25) is 5.91 Å². The Kier molecular flexibility index (Phi) is 5.37. The van der Waals surface area contributed by atoms with E-state index in [1.165, 1.54) is 7.11 Å². The van der Waals surface area contributed by atoms with Crippen LogP contribution in [0.15, 0.2) is 0 Å². The van der Waals surface area contributed by atoms with E-state index in [-0.39, 0.29) is 43.0 Å². The molecule has 2 N–H and O–H groups in total. The first-order valence-corrected chi connectivity index (χ1v) is 7.27. The number of carbonyl (C=O) groups is 2. The fourth-order valence-electron chi connectivity index (χ4n) is 2.69. The van der Waals surface area contributed by atoms with Crippen molar-refractivity contribution < 1.29 is 24.2 Å². The number of aliphatic hydroxyl groups excluding tert-OH is 1. The summed E-state index contributed by atoms with van der Waals surface area (Å²) in [4.78, 5) is 23.2. The summed E-state index contributed by atoms with van der Waals surface area (Å²) in [5.74, 6) is -0.125. The van der Waals surface area contributed by atoms with Gasteiger partial charge in [0.25, 0.3) is 0 Å². The Balaban J connectivity index is 1.82. The van der Waals surface area contributed by atoms with Crippen molar-refractivity contribution in [2.45, 2.75) is 56.8 Å². The van der Waals surface area contributed by atoms with Crippen molar-refractivity contribution in [2.24, 2.45) is 5.92 Å². The van der Waals surface area contributed by atoms with Gasteiger partial charge in [-0.2, -0.15) is 0 Å². The summed E-state index contributed by atoms with van der Waals surface area (Å²) in [5.41, 5.74) is 0. The molecule has 0 aromatic heterocycles. The predicted octanol–water partition coefficient (Wildman–Crippen LogP) is 0.374. The molecule has 0 bridgehead atoms. The first-order valence-electron chi connectivity index (χ1n) is 7.27. The van der Waals surface area contributed by atoms with E-state index in [1.807, 2.05) is 0 Å². The van der Waals surface area contributed by atoms with Gasteiger partial charge in [0.05, 0.1) is 32.3 Å². The van der Waals surface area contributed by atoms with E-state index in [2.05, 4.69) is 10.1 Å². The minimum atomic E-state index is -0.442. The molecule has 20 heavy (non-hydrogen) atoms. The molecule has 1 heterocycles. The Morgan fingerprint density at radius 1 is 1.30 bits per heavy atom. The van der Waals surface area contributed by atoms with Gasteiger partial charge < -0.3 is 19.9 Å². The average Bonchev–Trinajstić information content (AvgIpc) is 2.38. The molecule has 0 aromatic rings. The van der Waals surface area contributed by atoms with E-state index in [0.717, 1.165) is 19.3 Å². The van der Waals surface area contributed by atoms with E-state index in [9.17, 15) is 14.7 Å². The molecule has 0 radical (unpaired) electrons. The molecule has 1 saturated carbocycles. The fraction of sp³-hybridized carbons (Fsp3) is 0.857. The molecule has 6 heteroatoms. The maximum atomic E-state index is 11.9. The third-order valence-corrected chi connectivity index (χ3v) is 4.22. The van der Waals surface area contributed by atoms with Gasteiger partial charge in [0.1, 0.15) is 6.10 Å². The topological polar surface area (TPSA) is 84.9 Å². The van der Waals surface area contributed by atoms with E-state index in [0.29, 0.717) is 12.8 Å². The number of aliphatic hydroxyl groups is 1. The highest BCUT2D eigenvalue weighted by Gasteiger charge is 2.35. The van der Waals surface area contributed by atoms with Crippen molar-refractivity contribution in [1.82, 2.24) is 5.32 Å². The van der Waals surface area contributed by atoms with Gasteiger partial charge in [-0.3, -0.25) is 9.59 Å². The minimum absolute atomic E-state index is 0.0646. The highest BCUT2D eigenvalue weighted by atomic mass is 16.5. The van der Waals surface area contributed by atoms with Crippen LogP contribution in [0.1, 0.15) is 38.5 Å². The minimum Gasteiger partial charge on any atom is -0.469 e. The van der Waals surface area contributed by atoms with Gasteiger partial charge in [-0.1, -0.05) is 6.42 Å². The molecule has 1 amide bonds. The highest BCUT2D eigenvalue weighted by molar-refractivity contribution is 5.79. The largest absolute Gasteiger partial charge is 0.469 e. The van der Waals surface area contributed by atoms with Crippen molar-refractivity contribution in [1.29, 1.82) is 0 Å². The predicted molar refractivity (Wildman–Crippen MR) is 70.9 cm³/mol. The maximum absolute atomic E-state index is 11.9. The molecule has 0 spiro atoms. The monoisotopic (exact) mass is 285 g/mol. The van der Waals surface area contributed by atoms with Crippen LogP contribution in [0.5, 0.6) is 0 Å². The highest BCUT2D eigenvalue weighted by Crippen LogP contribution is 2.28. The van der Waals surface area contributed by atoms with E-state index in [4.69, 9.17) is 4.74 Å². The zero-order chi connectivity index (χ0) is 14.5. The summed E-state index contributed by atoms with van der Waals surface area (Å²) in [7, 11) is 1.34. The number of carbonyl (C=O) groups excluding carboxylic acids is 2. The van der Waals surface area contributed by atoms with Gasteiger partial charge >= 0.3 is 5.97 Å². The number of hydrogen-bond donors (Lipinski definition) is 2. The van der Waals surface area contributed by atoms with Crippen molar-refractivity contribution in [3.63, 3.8) is 0 Å². The van der Waals surface area contributed by atoms with Crippen molar-refractivity contribution in [2.75, 3.05) is 13.7 Å². The number of nitrogens with one attached hydrogen (secondary N) is 1. The second kappa shape index (κ2) is 7.04. The summed E-state index contributed by atoms with van der Waals surface area (Å²) in [6.07, 6.45) is 3.92. The first kappa shape index (κ1) is 15.3. The Morgan fingerprint density at radius 2 is 2.05 bits per heavy atom. The number of hydrogen-bond acceptors (Lipinski definition) is 5. The molecule has 2 fully saturated rings. The third-order valence-electron chi connectivity index (χ3n) is 4.22. The normalized spacial score (nSPS) is 30.4. The van der Waals surface area contributed by atoms with Gasteiger partial charge in [-0.15, -0.1) is 0 Å². The van der Waals surface area contributed by atoms with E-state index < -0.39 is 6.10 Å². The van der Waals surface area contributed by atoms with Gasteiger partial charge in [0.15, 0.2) is 0 Å². The second-order valence-electron chi connectivity index (χ2n) is 5.58. The molecule has 6 nitrogen and oxygen atoms in total. The smallest absolute Gasteiger partial charge is 0.308 e. The van der Waals surface area contributed by atoms with Gasteiger partial charge in [-0.25, -0.2) is 0 Å². The molecule has 2 aliphatic rings. The molecule has 1 aliphatic heterocycles. The van der Waals surface area contributed by atoms with Crippen LogP contribution in [0.3, 0.4) is 0 Å². The Morgan fingerprint density at radius 3 is 2.60 bits per heavy atom. The SMILES string of the molecule is COC(=O)C[C@@H]1CC[C@@H](NC(=O)C2CCC2)[C@@H](CO)O1. The quantitative estimate of drug-likeness (QED) is 0.713. The van der Waals surface area contributed by atoms with Crippen LogP contribution in [0.4, 0.5) is 0 Å². The molecule has 3 atom stereocenters. The van der Waals surface area contributed by atoms with Crippen LogP contribution < -0.4 is 5.32 Å². The van der Waals surface area contributed by atoms with Crippen molar-refractivity contribution in [3.8, 4) is 0 Å². The third kappa shape index (κ3) is 3.70. The molecule has 114 valence electrons. The molecule has 1 aliphatic carbocycles. The fourth-order valence-corrected chi connectivity index (χ4v) is 2.69. The summed E-state index contributed by atoms with van der Waals surface area (Å²) >= 11 is 0. The first-order chi connectivity index (χ1) is 9.63. The van der Waals surface area contributed by atoms with Crippen molar-refractivity contribution >= 4 is 11.9 Å². The zero-order valence-electron chi connectivity index (χ0n) is 11.8. The summed E-state index contributed by atoms with van der Waals surface area (Å²) in [6, 6.07) is -0.165. The molecular formula is C14H23NO5. The standard InChI is InChI=1S/C14H23NO5/c1-19-13(17)7-10-5-6-11(12(8-16)20-10)15-14(18)9-3-2-4-9/h9-12,16H,2-8H2,1H3,(H,15,18)/t10-,11+,12+/m0/s1. The van der Waals surface area contributed by atoms with E-state index >= 15 is 0 Å². The van der Waals surface area contributed by atoms with Crippen LogP contribution in [0, 0.1) is 5.92 Å². The number of amides is 1. The summed E-state index contributed by atoms with van der Waals surface area (Å²) < 4.78 is 10.3. The van der Waals surface area contributed by atoms with Crippen molar-refractivity contribution in [3.05, 3.63) is 0 Å². The molecular weight excluding hydrogens is 262 g/mol. The lowest BCUT2D eigenvalue weighted by Crippen LogP contribution is -2.53. The average molecular weight is 285 g/mol. The Hall–Kier alpha value is -1.14. The maximum Gasteiger partial charge on any atom is 0.308 e. The Bertz CT molecular complexity index is 355. The lowest BCUT2D eigenvalue weighted by molar-refractivity contribution is -0.151. The number of ether oxygens (including phenoxy) is 2. The molecule has 0 aromatic carbocycles. The second-order valence-corrected chi connectivity index (χ2v) is 5.58. The van der Waals surface area contributed by atoms with Crippen LogP contribution in [-0.4, -0.2) is 48.9 Å². The number of methoxy groups -OCH3 is 1. The van der Waals surface area contributed by atoms with Crippen LogP contribution in [0.2, 0.25) is 0 Å². The lowest BCUT2D eigenvalue weighted by atomic mass is 9.84. The summed E-state index contributed by atoms with van der Waals surface area (Å²) in [6.45, 7) is -0.159. The molecule has 1 saturated heterocycles. The van der Waals surface area contributed by atoms with Crippen LogP contribution in [0.25, 0.3) is 0 Å².